The summed E-state index contributed by atoms with van der Waals surface area (Å²) in [5.74, 6) is -0.211. The molecule has 0 atom stereocenters. The average Bonchev–Trinajstić information content (AvgIpc) is 2.83. The lowest BCUT2D eigenvalue weighted by atomic mass is 10.2. The highest BCUT2D eigenvalue weighted by molar-refractivity contribution is 5.91. The van der Waals surface area contributed by atoms with E-state index in [2.05, 4.69) is 26.2 Å². The van der Waals surface area contributed by atoms with Crippen LogP contribution in [-0.4, -0.2) is 62.1 Å². The third kappa shape index (κ3) is 9.30. The van der Waals surface area contributed by atoms with Crippen molar-refractivity contribution < 1.29 is 19.1 Å². The standard InChI is InChI=1S/C24H31N5O4/c30-22(9-11-25-24(32)28-20-6-2-1-3-7-20)26-18-19-5-4-8-21(17-19)27-23(31)10-12-29-13-15-33-16-14-29/h1-8,17H,9-16,18H2,(H,26,30)(H,27,31)(H2,25,28,32). The fourth-order valence-corrected chi connectivity index (χ4v) is 3.34. The topological polar surface area (TPSA) is 112 Å². The first-order valence-corrected chi connectivity index (χ1v) is 11.1. The molecule has 1 fully saturated rings. The van der Waals surface area contributed by atoms with Gasteiger partial charge in [-0.3, -0.25) is 14.5 Å². The molecule has 1 saturated heterocycles. The third-order valence-corrected chi connectivity index (χ3v) is 5.13. The molecule has 0 saturated carbocycles. The maximum atomic E-state index is 12.2. The number of nitrogens with zero attached hydrogens (tertiary/aromatic N) is 1. The lowest BCUT2D eigenvalue weighted by Crippen LogP contribution is -2.38. The van der Waals surface area contributed by atoms with Crippen LogP contribution in [0.1, 0.15) is 18.4 Å². The molecular weight excluding hydrogens is 422 g/mol. The van der Waals surface area contributed by atoms with Crippen molar-refractivity contribution in [2.75, 3.05) is 50.0 Å². The van der Waals surface area contributed by atoms with E-state index in [1.807, 2.05) is 42.5 Å². The van der Waals surface area contributed by atoms with E-state index < -0.39 is 0 Å². The molecule has 1 aliphatic rings. The first-order valence-electron chi connectivity index (χ1n) is 11.1. The summed E-state index contributed by atoms with van der Waals surface area (Å²) >= 11 is 0. The molecule has 0 aliphatic carbocycles. The molecule has 0 spiro atoms. The highest BCUT2D eigenvalue weighted by Crippen LogP contribution is 2.11. The van der Waals surface area contributed by atoms with Gasteiger partial charge in [-0.05, 0) is 29.8 Å². The molecule has 2 aromatic rings. The predicted molar refractivity (Wildman–Crippen MR) is 127 cm³/mol. The number of hydrogen-bond acceptors (Lipinski definition) is 5. The number of nitrogens with one attached hydrogen (secondary N) is 4. The monoisotopic (exact) mass is 453 g/mol. The van der Waals surface area contributed by atoms with Crippen molar-refractivity contribution in [3.63, 3.8) is 0 Å². The van der Waals surface area contributed by atoms with Gasteiger partial charge in [0.2, 0.25) is 11.8 Å². The number of anilines is 2. The SMILES string of the molecule is O=C(CCNC(=O)Nc1ccccc1)NCc1cccc(NC(=O)CCN2CCOCC2)c1. The van der Waals surface area contributed by atoms with Crippen molar-refractivity contribution in [1.82, 2.24) is 15.5 Å². The Bertz CT molecular complexity index is 916. The van der Waals surface area contributed by atoms with Gasteiger partial charge in [0.15, 0.2) is 0 Å². The quantitative estimate of drug-likeness (QED) is 0.441. The molecule has 176 valence electrons. The van der Waals surface area contributed by atoms with Gasteiger partial charge in [-0.2, -0.15) is 0 Å². The Morgan fingerprint density at radius 2 is 1.58 bits per heavy atom. The summed E-state index contributed by atoms with van der Waals surface area (Å²) in [7, 11) is 0. The number of amides is 4. The van der Waals surface area contributed by atoms with Crippen molar-refractivity contribution in [2.45, 2.75) is 19.4 Å². The largest absolute Gasteiger partial charge is 0.379 e. The van der Waals surface area contributed by atoms with Crippen LogP contribution >= 0.6 is 0 Å². The number of hydrogen-bond donors (Lipinski definition) is 4. The van der Waals surface area contributed by atoms with E-state index in [-0.39, 0.29) is 30.8 Å². The Kier molecular flexibility index (Phi) is 9.68. The molecule has 9 heteroatoms. The molecular formula is C24H31N5O4. The van der Waals surface area contributed by atoms with Gasteiger partial charge >= 0.3 is 6.03 Å². The van der Waals surface area contributed by atoms with Crippen LogP contribution in [0.15, 0.2) is 54.6 Å². The second-order valence-electron chi connectivity index (χ2n) is 7.73. The second kappa shape index (κ2) is 13.2. The lowest BCUT2D eigenvalue weighted by molar-refractivity contribution is -0.121. The van der Waals surface area contributed by atoms with E-state index in [1.165, 1.54) is 0 Å². The summed E-state index contributed by atoms with van der Waals surface area (Å²) in [5, 5.41) is 11.1. The maximum Gasteiger partial charge on any atom is 0.319 e. The zero-order valence-electron chi connectivity index (χ0n) is 18.6. The Hall–Kier alpha value is -3.43. The van der Waals surface area contributed by atoms with E-state index in [4.69, 9.17) is 4.74 Å². The Morgan fingerprint density at radius 1 is 0.818 bits per heavy atom. The van der Waals surface area contributed by atoms with E-state index >= 15 is 0 Å². The van der Waals surface area contributed by atoms with Crippen LogP contribution in [0.2, 0.25) is 0 Å². The molecule has 3 rings (SSSR count). The van der Waals surface area contributed by atoms with Crippen molar-refractivity contribution in [3.8, 4) is 0 Å². The van der Waals surface area contributed by atoms with Crippen molar-refractivity contribution in [3.05, 3.63) is 60.2 Å². The summed E-state index contributed by atoms with van der Waals surface area (Å²) in [6.45, 7) is 4.42. The minimum Gasteiger partial charge on any atom is -0.379 e. The number of carbonyl (C=O) groups excluding carboxylic acids is 3. The highest BCUT2D eigenvalue weighted by atomic mass is 16.5. The molecule has 0 bridgehead atoms. The molecule has 2 aromatic carbocycles. The van der Waals surface area contributed by atoms with Gasteiger partial charge in [0.25, 0.3) is 0 Å². The fourth-order valence-electron chi connectivity index (χ4n) is 3.34. The molecule has 0 radical (unpaired) electrons. The molecule has 1 heterocycles. The number of rotatable bonds is 10. The molecule has 9 nitrogen and oxygen atoms in total. The van der Waals surface area contributed by atoms with Crippen LogP contribution in [0.25, 0.3) is 0 Å². The van der Waals surface area contributed by atoms with E-state index in [0.29, 0.717) is 44.1 Å². The summed E-state index contributed by atoms with van der Waals surface area (Å²) in [5.41, 5.74) is 2.27. The number of urea groups is 1. The number of benzene rings is 2. The smallest absolute Gasteiger partial charge is 0.319 e. The fraction of sp³-hybridized carbons (Fsp3) is 0.375. The summed E-state index contributed by atoms with van der Waals surface area (Å²) in [6.07, 6.45) is 0.589. The van der Waals surface area contributed by atoms with Gasteiger partial charge in [-0.15, -0.1) is 0 Å². The Morgan fingerprint density at radius 3 is 2.36 bits per heavy atom. The summed E-state index contributed by atoms with van der Waals surface area (Å²) < 4.78 is 5.32. The molecule has 0 unspecified atom stereocenters. The molecule has 4 amide bonds. The average molecular weight is 454 g/mol. The maximum absolute atomic E-state index is 12.2. The van der Waals surface area contributed by atoms with Gasteiger partial charge in [0.05, 0.1) is 13.2 Å². The Labute approximate surface area is 193 Å². The van der Waals surface area contributed by atoms with Crippen LogP contribution in [0.5, 0.6) is 0 Å². The van der Waals surface area contributed by atoms with E-state index in [9.17, 15) is 14.4 Å². The van der Waals surface area contributed by atoms with Crippen molar-refractivity contribution >= 4 is 29.2 Å². The zero-order chi connectivity index (χ0) is 23.3. The van der Waals surface area contributed by atoms with Crippen LogP contribution in [0, 0.1) is 0 Å². The van der Waals surface area contributed by atoms with Gasteiger partial charge in [-0.1, -0.05) is 30.3 Å². The summed E-state index contributed by atoms with van der Waals surface area (Å²) in [4.78, 5) is 38.4. The lowest BCUT2D eigenvalue weighted by Gasteiger charge is -2.26. The first kappa shape index (κ1) is 24.2. The number of carbonyl (C=O) groups is 3. The first-order chi connectivity index (χ1) is 16.1. The molecule has 0 aromatic heterocycles. The minimum absolute atomic E-state index is 0.0393. The normalized spacial score (nSPS) is 13.7. The minimum atomic E-state index is -0.355. The van der Waals surface area contributed by atoms with E-state index in [1.54, 1.807) is 12.1 Å². The van der Waals surface area contributed by atoms with Crippen LogP contribution in [-0.2, 0) is 20.9 Å². The van der Waals surface area contributed by atoms with Gasteiger partial charge in [0, 0.05) is 56.9 Å². The van der Waals surface area contributed by atoms with Gasteiger partial charge in [-0.25, -0.2) is 4.79 Å². The number of ether oxygens (including phenoxy) is 1. The van der Waals surface area contributed by atoms with Crippen LogP contribution < -0.4 is 21.3 Å². The van der Waals surface area contributed by atoms with Crippen molar-refractivity contribution in [1.29, 1.82) is 0 Å². The van der Waals surface area contributed by atoms with Crippen LogP contribution in [0.4, 0.5) is 16.2 Å². The summed E-state index contributed by atoms with van der Waals surface area (Å²) in [6, 6.07) is 16.1. The zero-order valence-corrected chi connectivity index (χ0v) is 18.6. The Balaban J connectivity index is 1.32. The highest BCUT2D eigenvalue weighted by Gasteiger charge is 2.12. The molecule has 4 N–H and O–H groups in total. The van der Waals surface area contributed by atoms with Gasteiger partial charge in [0.1, 0.15) is 0 Å². The second-order valence-corrected chi connectivity index (χ2v) is 7.73. The molecule has 1 aliphatic heterocycles. The number of para-hydroxylation sites is 1. The number of morpholine rings is 1. The van der Waals surface area contributed by atoms with Gasteiger partial charge < -0.3 is 26.0 Å². The third-order valence-electron chi connectivity index (χ3n) is 5.13. The molecule has 33 heavy (non-hydrogen) atoms. The van der Waals surface area contributed by atoms with Crippen LogP contribution in [0.3, 0.4) is 0 Å². The predicted octanol–water partition coefficient (Wildman–Crippen LogP) is 2.18. The van der Waals surface area contributed by atoms with Crippen molar-refractivity contribution in [2.24, 2.45) is 0 Å². The van der Waals surface area contributed by atoms with E-state index in [0.717, 1.165) is 18.7 Å².